The first kappa shape index (κ1) is 15.2. The van der Waals surface area contributed by atoms with Crippen LogP contribution in [0.25, 0.3) is 0 Å². The SMILES string of the molecule is CC(C)C(C#N)C(=O)NCC(C)(C)c1ccncc1. The molecule has 1 aromatic rings. The lowest BCUT2D eigenvalue weighted by Gasteiger charge is -2.26. The van der Waals surface area contributed by atoms with Crippen molar-refractivity contribution < 1.29 is 4.79 Å². The number of aromatic nitrogens is 1. The molecule has 0 saturated heterocycles. The molecule has 4 nitrogen and oxygen atoms in total. The first-order valence-corrected chi connectivity index (χ1v) is 6.46. The van der Waals surface area contributed by atoms with Crippen LogP contribution in [0.5, 0.6) is 0 Å². The van der Waals surface area contributed by atoms with Crippen molar-refractivity contribution in [1.82, 2.24) is 10.3 Å². The minimum absolute atomic E-state index is 0.0223. The predicted octanol–water partition coefficient (Wildman–Crippen LogP) is 2.27. The molecule has 0 fully saturated rings. The highest BCUT2D eigenvalue weighted by Gasteiger charge is 2.25. The fourth-order valence-electron chi connectivity index (χ4n) is 1.83. The summed E-state index contributed by atoms with van der Waals surface area (Å²) in [6.07, 6.45) is 3.48. The Morgan fingerprint density at radius 3 is 2.47 bits per heavy atom. The molecule has 1 atom stereocenters. The monoisotopic (exact) mass is 259 g/mol. The average Bonchev–Trinajstić information content (AvgIpc) is 2.38. The Hall–Kier alpha value is -1.89. The van der Waals surface area contributed by atoms with Gasteiger partial charge in [-0.1, -0.05) is 27.7 Å². The quantitative estimate of drug-likeness (QED) is 0.882. The molecular formula is C15H21N3O. The van der Waals surface area contributed by atoms with Crippen molar-refractivity contribution >= 4 is 5.91 Å². The molecule has 1 aromatic heterocycles. The summed E-state index contributed by atoms with van der Waals surface area (Å²) >= 11 is 0. The van der Waals surface area contributed by atoms with Crippen LogP contribution in [0.2, 0.25) is 0 Å². The van der Waals surface area contributed by atoms with Gasteiger partial charge in [-0.15, -0.1) is 0 Å². The molecule has 102 valence electrons. The number of rotatable bonds is 5. The van der Waals surface area contributed by atoms with Crippen LogP contribution in [0.3, 0.4) is 0 Å². The summed E-state index contributed by atoms with van der Waals surface area (Å²) in [5.74, 6) is -0.762. The van der Waals surface area contributed by atoms with Gasteiger partial charge in [0.2, 0.25) is 5.91 Å². The number of hydrogen-bond donors (Lipinski definition) is 1. The fraction of sp³-hybridized carbons (Fsp3) is 0.533. The van der Waals surface area contributed by atoms with Gasteiger partial charge in [0.25, 0.3) is 0 Å². The fourth-order valence-corrected chi connectivity index (χ4v) is 1.83. The van der Waals surface area contributed by atoms with Crippen molar-refractivity contribution in [3.63, 3.8) is 0 Å². The van der Waals surface area contributed by atoms with E-state index >= 15 is 0 Å². The van der Waals surface area contributed by atoms with Gasteiger partial charge in [-0.3, -0.25) is 9.78 Å². The minimum Gasteiger partial charge on any atom is -0.354 e. The van der Waals surface area contributed by atoms with Crippen LogP contribution in [0.15, 0.2) is 24.5 Å². The molecule has 0 saturated carbocycles. The Morgan fingerprint density at radius 2 is 2.00 bits per heavy atom. The zero-order valence-electron chi connectivity index (χ0n) is 12.0. The van der Waals surface area contributed by atoms with E-state index in [0.29, 0.717) is 6.54 Å². The normalized spacial score (nSPS) is 12.8. The highest BCUT2D eigenvalue weighted by atomic mass is 16.1. The molecule has 1 amide bonds. The maximum absolute atomic E-state index is 11.9. The summed E-state index contributed by atoms with van der Waals surface area (Å²) in [7, 11) is 0. The molecule has 0 radical (unpaired) electrons. The third-order valence-corrected chi connectivity index (χ3v) is 3.25. The molecule has 0 aliphatic rings. The molecule has 1 heterocycles. The standard InChI is InChI=1S/C15H21N3O/c1-11(2)13(9-16)14(19)18-10-15(3,4)12-5-7-17-8-6-12/h5-8,11,13H,10H2,1-4H3,(H,18,19). The maximum Gasteiger partial charge on any atom is 0.237 e. The van der Waals surface area contributed by atoms with Crippen LogP contribution in [0.4, 0.5) is 0 Å². The van der Waals surface area contributed by atoms with Crippen molar-refractivity contribution in [1.29, 1.82) is 5.26 Å². The smallest absolute Gasteiger partial charge is 0.237 e. The summed E-state index contributed by atoms with van der Waals surface area (Å²) in [4.78, 5) is 15.9. The number of nitriles is 1. The molecule has 19 heavy (non-hydrogen) atoms. The van der Waals surface area contributed by atoms with E-state index < -0.39 is 5.92 Å². The molecule has 4 heteroatoms. The first-order chi connectivity index (χ1) is 8.88. The minimum atomic E-state index is -0.590. The maximum atomic E-state index is 11.9. The third-order valence-electron chi connectivity index (χ3n) is 3.25. The molecular weight excluding hydrogens is 238 g/mol. The molecule has 1 N–H and O–H groups in total. The van der Waals surface area contributed by atoms with Gasteiger partial charge in [0.05, 0.1) is 6.07 Å². The van der Waals surface area contributed by atoms with Crippen molar-refractivity contribution in [2.75, 3.05) is 6.54 Å². The summed E-state index contributed by atoms with van der Waals surface area (Å²) in [5.41, 5.74) is 0.927. The van der Waals surface area contributed by atoms with Gasteiger partial charge >= 0.3 is 0 Å². The van der Waals surface area contributed by atoms with Gasteiger partial charge in [0.1, 0.15) is 5.92 Å². The van der Waals surface area contributed by atoms with Gasteiger partial charge in [0.15, 0.2) is 0 Å². The van der Waals surface area contributed by atoms with Crippen LogP contribution in [0.1, 0.15) is 33.3 Å². The van der Waals surface area contributed by atoms with E-state index in [0.717, 1.165) is 5.56 Å². The molecule has 0 aliphatic heterocycles. The first-order valence-electron chi connectivity index (χ1n) is 6.46. The molecule has 0 aliphatic carbocycles. The molecule has 1 rings (SSSR count). The largest absolute Gasteiger partial charge is 0.354 e. The third kappa shape index (κ3) is 4.06. The number of pyridine rings is 1. The number of nitrogens with one attached hydrogen (secondary N) is 1. The summed E-state index contributed by atoms with van der Waals surface area (Å²) < 4.78 is 0. The summed E-state index contributed by atoms with van der Waals surface area (Å²) in [6.45, 7) is 8.36. The van der Waals surface area contributed by atoms with Gasteiger partial charge in [0, 0.05) is 24.4 Å². The molecule has 0 spiro atoms. The summed E-state index contributed by atoms with van der Waals surface area (Å²) in [5, 5.41) is 11.9. The van der Waals surface area contributed by atoms with E-state index in [9.17, 15) is 4.79 Å². The zero-order chi connectivity index (χ0) is 14.5. The Kier molecular flexibility index (Phi) is 5.05. The lowest BCUT2D eigenvalue weighted by Crippen LogP contribution is -2.40. The highest BCUT2D eigenvalue weighted by Crippen LogP contribution is 2.21. The van der Waals surface area contributed by atoms with Crippen molar-refractivity contribution in [3.8, 4) is 6.07 Å². The second-order valence-electron chi connectivity index (χ2n) is 5.69. The Morgan fingerprint density at radius 1 is 1.42 bits per heavy atom. The average molecular weight is 259 g/mol. The second-order valence-corrected chi connectivity index (χ2v) is 5.69. The number of hydrogen-bond acceptors (Lipinski definition) is 3. The molecule has 0 aromatic carbocycles. The Bertz CT molecular complexity index is 460. The van der Waals surface area contributed by atoms with Crippen molar-refractivity contribution in [2.24, 2.45) is 11.8 Å². The van der Waals surface area contributed by atoms with E-state index in [1.807, 2.05) is 26.0 Å². The van der Waals surface area contributed by atoms with Crippen LogP contribution < -0.4 is 5.32 Å². The predicted molar refractivity (Wildman–Crippen MR) is 74.2 cm³/mol. The van der Waals surface area contributed by atoms with E-state index in [4.69, 9.17) is 5.26 Å². The van der Waals surface area contributed by atoms with Crippen molar-refractivity contribution in [2.45, 2.75) is 33.1 Å². The number of carbonyl (C=O) groups excluding carboxylic acids is 1. The highest BCUT2D eigenvalue weighted by molar-refractivity contribution is 5.81. The van der Waals surface area contributed by atoms with Gasteiger partial charge < -0.3 is 5.32 Å². The molecule has 0 bridgehead atoms. The van der Waals surface area contributed by atoms with Crippen molar-refractivity contribution in [3.05, 3.63) is 30.1 Å². The Labute approximate surface area is 114 Å². The van der Waals surface area contributed by atoms with Crippen LogP contribution in [-0.4, -0.2) is 17.4 Å². The van der Waals surface area contributed by atoms with Crippen LogP contribution >= 0.6 is 0 Å². The Balaban J connectivity index is 2.66. The van der Waals surface area contributed by atoms with Gasteiger partial charge in [-0.25, -0.2) is 0 Å². The molecule has 1 unspecified atom stereocenters. The van der Waals surface area contributed by atoms with E-state index in [1.54, 1.807) is 12.4 Å². The van der Waals surface area contributed by atoms with Crippen LogP contribution in [0, 0.1) is 23.2 Å². The number of amides is 1. The lowest BCUT2D eigenvalue weighted by molar-refractivity contribution is -0.124. The summed E-state index contributed by atoms with van der Waals surface area (Å²) in [6, 6.07) is 5.94. The zero-order valence-corrected chi connectivity index (χ0v) is 12.0. The van der Waals surface area contributed by atoms with E-state index in [2.05, 4.69) is 30.2 Å². The van der Waals surface area contributed by atoms with E-state index in [-0.39, 0.29) is 17.2 Å². The number of nitrogens with zero attached hydrogens (tertiary/aromatic N) is 2. The van der Waals surface area contributed by atoms with E-state index in [1.165, 1.54) is 0 Å². The second kappa shape index (κ2) is 6.33. The number of carbonyl (C=O) groups is 1. The van der Waals surface area contributed by atoms with Gasteiger partial charge in [-0.2, -0.15) is 5.26 Å². The lowest BCUT2D eigenvalue weighted by atomic mass is 9.85. The van der Waals surface area contributed by atoms with Gasteiger partial charge in [-0.05, 0) is 23.6 Å². The topological polar surface area (TPSA) is 65.8 Å². The van der Waals surface area contributed by atoms with Crippen LogP contribution in [-0.2, 0) is 10.2 Å².